The minimum atomic E-state index is -0.787. The number of allylic oxidation sites excluding steroid dienone is 20. The zero-order valence-electron chi connectivity index (χ0n) is 53.0. The molecule has 0 bridgehead atoms. The Morgan fingerprint density at radius 1 is 0.259 bits per heavy atom. The second kappa shape index (κ2) is 68.3. The fraction of sp³-hybridized carbons (Fsp3) is 0.693. The number of esters is 3. The number of rotatable bonds is 61. The van der Waals surface area contributed by atoms with Gasteiger partial charge in [0.15, 0.2) is 6.10 Å². The SMILES string of the molecule is CC/C=C\C/C=C\C/C=C\C/C=C\C/C=C\C/C=C\C/C=C\C/C=C\C/C=C\C/C=C\CCCCCCC(=O)OCC(COC(=O)CCCCCCCCCCCCCC)OC(=O)CCCCCCCCCCCCCCCCCC. The van der Waals surface area contributed by atoms with Crippen LogP contribution in [0.25, 0.3) is 0 Å². The van der Waals surface area contributed by atoms with E-state index >= 15 is 0 Å². The molecule has 1 atom stereocenters. The van der Waals surface area contributed by atoms with Crippen molar-refractivity contribution in [1.29, 1.82) is 0 Å². The summed E-state index contributed by atoms with van der Waals surface area (Å²) in [6.07, 6.45) is 95.0. The second-order valence-corrected chi connectivity index (χ2v) is 22.4. The van der Waals surface area contributed by atoms with Crippen LogP contribution >= 0.6 is 0 Å². The third kappa shape index (κ3) is 66.5. The first-order valence-corrected chi connectivity index (χ1v) is 34.0. The lowest BCUT2D eigenvalue weighted by Crippen LogP contribution is -2.30. The Morgan fingerprint density at radius 3 is 0.753 bits per heavy atom. The van der Waals surface area contributed by atoms with E-state index in [1.54, 1.807) is 0 Å². The fourth-order valence-corrected chi connectivity index (χ4v) is 9.41. The molecule has 6 nitrogen and oxygen atoms in total. The molecule has 0 N–H and O–H groups in total. The van der Waals surface area contributed by atoms with Gasteiger partial charge in [-0.2, -0.15) is 0 Å². The molecule has 0 aliphatic heterocycles. The summed E-state index contributed by atoms with van der Waals surface area (Å²) < 4.78 is 16.9. The lowest BCUT2D eigenvalue weighted by Gasteiger charge is -2.18. The standard InChI is InChI=1S/C75H126O6/c1-4-7-10-13-16-19-22-25-27-29-30-31-32-33-34-35-36-37-38-39-40-41-42-43-44-45-46-47-49-50-53-56-59-62-65-68-74(77)80-71-72(70-79-73(76)67-64-61-58-55-52-24-21-18-15-12-9-6-3)81-75(78)69-66-63-60-57-54-51-48-28-26-23-20-17-14-11-8-5-2/h7,10,16,19,25,27,30-31,33-34,36-37,39-40,42-43,45-46,49-50,72H,4-6,8-9,11-15,17-18,20-24,26,28-29,32,35,38,41,44,47-48,51-71H2,1-3H3/b10-7-,19-16-,27-25-,31-30-,34-33-,37-36-,40-39-,43-42-,46-45-,50-49-. The molecule has 0 amide bonds. The van der Waals surface area contributed by atoms with E-state index in [4.69, 9.17) is 14.2 Å². The highest BCUT2D eigenvalue weighted by molar-refractivity contribution is 5.71. The van der Waals surface area contributed by atoms with Gasteiger partial charge in [-0.05, 0) is 96.3 Å². The van der Waals surface area contributed by atoms with E-state index in [1.165, 1.54) is 141 Å². The smallest absolute Gasteiger partial charge is 0.306 e. The van der Waals surface area contributed by atoms with E-state index in [1.807, 2.05) is 0 Å². The predicted molar refractivity (Wildman–Crippen MR) is 353 cm³/mol. The van der Waals surface area contributed by atoms with Crippen molar-refractivity contribution in [3.05, 3.63) is 122 Å². The molecule has 0 heterocycles. The predicted octanol–water partition coefficient (Wildman–Crippen LogP) is 23.6. The van der Waals surface area contributed by atoms with Crippen LogP contribution < -0.4 is 0 Å². The van der Waals surface area contributed by atoms with Crippen molar-refractivity contribution in [2.75, 3.05) is 13.2 Å². The third-order valence-corrected chi connectivity index (χ3v) is 14.5. The van der Waals surface area contributed by atoms with Gasteiger partial charge in [0, 0.05) is 19.3 Å². The Labute approximate surface area is 501 Å². The minimum Gasteiger partial charge on any atom is -0.462 e. The number of hydrogen-bond donors (Lipinski definition) is 0. The third-order valence-electron chi connectivity index (χ3n) is 14.5. The lowest BCUT2D eigenvalue weighted by molar-refractivity contribution is -0.167. The van der Waals surface area contributed by atoms with Crippen LogP contribution in [0.3, 0.4) is 0 Å². The van der Waals surface area contributed by atoms with Gasteiger partial charge in [0.2, 0.25) is 0 Å². The number of carbonyl (C=O) groups is 3. The molecule has 0 rings (SSSR count). The molecule has 0 aromatic heterocycles. The Bertz CT molecular complexity index is 1670. The van der Waals surface area contributed by atoms with Gasteiger partial charge in [-0.15, -0.1) is 0 Å². The average Bonchev–Trinajstić information content (AvgIpc) is 3.47. The molecule has 0 saturated heterocycles. The lowest BCUT2D eigenvalue weighted by atomic mass is 10.0. The molecule has 0 aliphatic rings. The average molecular weight is 1120 g/mol. The summed E-state index contributed by atoms with van der Waals surface area (Å²) in [4.78, 5) is 38.3. The van der Waals surface area contributed by atoms with E-state index in [9.17, 15) is 14.4 Å². The topological polar surface area (TPSA) is 78.9 Å². The molecular weight excluding hydrogens is 997 g/mol. The van der Waals surface area contributed by atoms with E-state index in [2.05, 4.69) is 142 Å². The molecule has 0 spiro atoms. The van der Waals surface area contributed by atoms with Crippen LogP contribution in [0.4, 0.5) is 0 Å². The van der Waals surface area contributed by atoms with Gasteiger partial charge in [-0.25, -0.2) is 0 Å². The molecule has 1 unspecified atom stereocenters. The molecule has 462 valence electrons. The van der Waals surface area contributed by atoms with Crippen LogP contribution in [-0.4, -0.2) is 37.2 Å². The van der Waals surface area contributed by atoms with Crippen molar-refractivity contribution < 1.29 is 28.6 Å². The van der Waals surface area contributed by atoms with Crippen molar-refractivity contribution in [1.82, 2.24) is 0 Å². The van der Waals surface area contributed by atoms with Crippen molar-refractivity contribution in [2.45, 2.75) is 322 Å². The maximum absolute atomic E-state index is 12.9. The zero-order chi connectivity index (χ0) is 58.5. The first kappa shape index (κ1) is 76.8. The Kier molecular flexibility index (Phi) is 64.8. The molecule has 0 radical (unpaired) electrons. The summed E-state index contributed by atoms with van der Waals surface area (Å²) in [6, 6.07) is 0. The van der Waals surface area contributed by atoms with Gasteiger partial charge in [0.1, 0.15) is 13.2 Å². The van der Waals surface area contributed by atoms with Crippen molar-refractivity contribution in [2.24, 2.45) is 0 Å². The molecular formula is C75H126O6. The Balaban J connectivity index is 4.29. The van der Waals surface area contributed by atoms with Crippen LogP contribution in [0.2, 0.25) is 0 Å². The summed E-state index contributed by atoms with van der Waals surface area (Å²) in [5.74, 6) is -0.898. The largest absolute Gasteiger partial charge is 0.462 e. The molecule has 0 fully saturated rings. The van der Waals surface area contributed by atoms with Gasteiger partial charge < -0.3 is 14.2 Å². The highest BCUT2D eigenvalue weighted by Gasteiger charge is 2.19. The molecule has 0 saturated carbocycles. The van der Waals surface area contributed by atoms with Crippen LogP contribution in [0, 0.1) is 0 Å². The van der Waals surface area contributed by atoms with E-state index < -0.39 is 6.10 Å². The van der Waals surface area contributed by atoms with Gasteiger partial charge in [-0.1, -0.05) is 322 Å². The first-order valence-electron chi connectivity index (χ1n) is 34.0. The second-order valence-electron chi connectivity index (χ2n) is 22.4. The monoisotopic (exact) mass is 1120 g/mol. The van der Waals surface area contributed by atoms with Crippen molar-refractivity contribution in [3.8, 4) is 0 Å². The fourth-order valence-electron chi connectivity index (χ4n) is 9.41. The number of carbonyl (C=O) groups excluding carboxylic acids is 3. The van der Waals surface area contributed by atoms with E-state index in [-0.39, 0.29) is 31.1 Å². The van der Waals surface area contributed by atoms with E-state index in [0.717, 1.165) is 135 Å². The zero-order valence-corrected chi connectivity index (χ0v) is 53.0. The molecule has 6 heteroatoms. The molecule has 0 aromatic rings. The quantitative estimate of drug-likeness (QED) is 0.0261. The maximum atomic E-state index is 12.9. The summed E-state index contributed by atoms with van der Waals surface area (Å²) in [6.45, 7) is 6.53. The molecule has 0 aromatic carbocycles. The Morgan fingerprint density at radius 2 is 0.481 bits per heavy atom. The molecule has 81 heavy (non-hydrogen) atoms. The van der Waals surface area contributed by atoms with Crippen LogP contribution in [-0.2, 0) is 28.6 Å². The van der Waals surface area contributed by atoms with Crippen molar-refractivity contribution >= 4 is 17.9 Å². The minimum absolute atomic E-state index is 0.0828. The van der Waals surface area contributed by atoms with Gasteiger partial charge >= 0.3 is 17.9 Å². The van der Waals surface area contributed by atoms with Crippen LogP contribution in [0.1, 0.15) is 316 Å². The van der Waals surface area contributed by atoms with Gasteiger partial charge in [0.05, 0.1) is 0 Å². The summed E-state index contributed by atoms with van der Waals surface area (Å²) in [7, 11) is 0. The highest BCUT2D eigenvalue weighted by atomic mass is 16.6. The van der Waals surface area contributed by atoms with Crippen LogP contribution in [0.5, 0.6) is 0 Å². The van der Waals surface area contributed by atoms with Crippen LogP contribution in [0.15, 0.2) is 122 Å². The van der Waals surface area contributed by atoms with Crippen molar-refractivity contribution in [3.63, 3.8) is 0 Å². The summed E-state index contributed by atoms with van der Waals surface area (Å²) in [5.41, 5.74) is 0. The Hall–Kier alpha value is -4.19. The number of hydrogen-bond acceptors (Lipinski definition) is 6. The molecule has 0 aliphatic carbocycles. The maximum Gasteiger partial charge on any atom is 0.306 e. The summed E-state index contributed by atoms with van der Waals surface area (Å²) in [5, 5.41) is 0. The number of ether oxygens (including phenoxy) is 3. The normalized spacial score (nSPS) is 12.9. The van der Waals surface area contributed by atoms with Gasteiger partial charge in [0.25, 0.3) is 0 Å². The first-order chi connectivity index (χ1) is 40.0. The summed E-state index contributed by atoms with van der Waals surface area (Å²) >= 11 is 0. The number of unbranched alkanes of at least 4 members (excludes halogenated alkanes) is 30. The van der Waals surface area contributed by atoms with Gasteiger partial charge in [-0.3, -0.25) is 14.4 Å². The van der Waals surface area contributed by atoms with E-state index in [0.29, 0.717) is 19.3 Å². The highest BCUT2D eigenvalue weighted by Crippen LogP contribution is 2.17.